The van der Waals surface area contributed by atoms with Crippen molar-refractivity contribution < 1.29 is 17.9 Å². The molecule has 0 radical (unpaired) electrons. The van der Waals surface area contributed by atoms with Gasteiger partial charge in [-0.2, -0.15) is 0 Å². The number of rotatable bonds is 7. The summed E-state index contributed by atoms with van der Waals surface area (Å²) in [5.41, 5.74) is 1.14. The molecule has 2 aromatic carbocycles. The quantitative estimate of drug-likeness (QED) is 0.555. The summed E-state index contributed by atoms with van der Waals surface area (Å²) < 4.78 is 33.2. The Balaban J connectivity index is 1.67. The van der Waals surface area contributed by atoms with E-state index >= 15 is 0 Å². The molecule has 0 amide bonds. The first kappa shape index (κ1) is 20.8. The van der Waals surface area contributed by atoms with Gasteiger partial charge in [0, 0.05) is 18.5 Å². The van der Waals surface area contributed by atoms with E-state index in [0.29, 0.717) is 12.8 Å². The molecule has 28 heavy (non-hydrogen) atoms. The number of hydrogen-bond acceptors (Lipinski definition) is 4. The van der Waals surface area contributed by atoms with Crippen molar-refractivity contribution in [1.82, 2.24) is 4.72 Å². The Hall–Kier alpha value is -1.96. The number of benzene rings is 2. The van der Waals surface area contributed by atoms with E-state index in [-0.39, 0.29) is 29.1 Å². The van der Waals surface area contributed by atoms with Crippen LogP contribution in [-0.2, 0) is 19.6 Å². The summed E-state index contributed by atoms with van der Waals surface area (Å²) >= 11 is 0. The molecule has 0 unspecified atom stereocenters. The highest BCUT2D eigenvalue weighted by Crippen LogP contribution is 2.38. The highest BCUT2D eigenvalue weighted by Gasteiger charge is 2.46. The smallest absolute Gasteiger partial charge is 0.306 e. The van der Waals surface area contributed by atoms with Gasteiger partial charge in [0.25, 0.3) is 0 Å². The van der Waals surface area contributed by atoms with Gasteiger partial charge >= 0.3 is 5.97 Å². The highest BCUT2D eigenvalue weighted by atomic mass is 32.2. The molecule has 1 N–H and O–H groups in total. The second kappa shape index (κ2) is 8.19. The molecule has 150 valence electrons. The summed E-state index contributed by atoms with van der Waals surface area (Å²) in [7, 11) is -5.51. The van der Waals surface area contributed by atoms with Crippen molar-refractivity contribution in [3.05, 3.63) is 60.2 Å². The van der Waals surface area contributed by atoms with Crippen molar-refractivity contribution in [3.8, 4) is 0 Å². The number of aryl methyl sites for hydroxylation is 1. The summed E-state index contributed by atoms with van der Waals surface area (Å²) in [5, 5.41) is 1.28. The van der Waals surface area contributed by atoms with Crippen LogP contribution in [0, 0.1) is 6.92 Å². The normalized spacial score (nSPS) is 20.2. The summed E-state index contributed by atoms with van der Waals surface area (Å²) in [6.07, 6.45) is 0.629. The largest absolute Gasteiger partial charge is 0.462 e. The van der Waals surface area contributed by atoms with E-state index in [1.165, 1.54) is 5.19 Å². The van der Waals surface area contributed by atoms with Crippen LogP contribution in [0.2, 0.25) is 18.6 Å². The molecule has 5 nitrogen and oxygen atoms in total. The van der Waals surface area contributed by atoms with Gasteiger partial charge in [-0.05, 0) is 25.5 Å². The average Bonchev–Trinajstić information content (AvgIpc) is 3.04. The van der Waals surface area contributed by atoms with Crippen molar-refractivity contribution in [2.24, 2.45) is 0 Å². The summed E-state index contributed by atoms with van der Waals surface area (Å²) in [4.78, 5) is 12.3. The van der Waals surface area contributed by atoms with Crippen LogP contribution < -0.4 is 9.91 Å². The lowest BCUT2D eigenvalue weighted by Crippen LogP contribution is -2.49. The van der Waals surface area contributed by atoms with E-state index in [0.717, 1.165) is 5.56 Å². The van der Waals surface area contributed by atoms with Gasteiger partial charge in [0.15, 0.2) is 0 Å². The monoisotopic (exact) mass is 417 g/mol. The van der Waals surface area contributed by atoms with E-state index < -0.39 is 18.1 Å². The zero-order valence-corrected chi connectivity index (χ0v) is 18.3. The van der Waals surface area contributed by atoms with Crippen LogP contribution in [0.3, 0.4) is 0 Å². The van der Waals surface area contributed by atoms with Crippen molar-refractivity contribution in [2.45, 2.75) is 49.4 Å². The van der Waals surface area contributed by atoms with Crippen LogP contribution in [0.25, 0.3) is 0 Å². The van der Waals surface area contributed by atoms with Crippen molar-refractivity contribution in [1.29, 1.82) is 0 Å². The number of sulfonamides is 1. The fourth-order valence-corrected chi connectivity index (χ4v) is 8.18. The molecule has 2 aromatic rings. The zero-order chi connectivity index (χ0) is 20.4. The predicted octanol–water partition coefficient (Wildman–Crippen LogP) is 2.96. The van der Waals surface area contributed by atoms with Crippen LogP contribution in [0.5, 0.6) is 0 Å². The molecule has 0 bridgehead atoms. The SMILES string of the molecule is Cc1ccc(S(=O)(=O)NCC[C@H]2OC(=O)C[C@H]2[Si](C)(C)c2ccccc2)cc1. The Kier molecular flexibility index (Phi) is 6.07. The Bertz CT molecular complexity index is 927. The molecule has 0 aliphatic carbocycles. The third-order valence-electron chi connectivity index (χ3n) is 5.62. The van der Waals surface area contributed by atoms with Crippen molar-refractivity contribution in [2.75, 3.05) is 6.54 Å². The van der Waals surface area contributed by atoms with E-state index in [4.69, 9.17) is 4.74 Å². The highest BCUT2D eigenvalue weighted by molar-refractivity contribution is 7.89. The number of cyclic esters (lactones) is 1. The lowest BCUT2D eigenvalue weighted by Gasteiger charge is -2.32. The van der Waals surface area contributed by atoms with Crippen molar-refractivity contribution >= 4 is 29.3 Å². The molecular formula is C21H27NO4SSi. The van der Waals surface area contributed by atoms with Gasteiger partial charge in [0.2, 0.25) is 10.0 Å². The van der Waals surface area contributed by atoms with Crippen LogP contribution in [0.4, 0.5) is 0 Å². The number of ether oxygens (including phenoxy) is 1. The van der Waals surface area contributed by atoms with Crippen molar-refractivity contribution in [3.63, 3.8) is 0 Å². The van der Waals surface area contributed by atoms with E-state index in [2.05, 4.69) is 29.9 Å². The Labute approximate surface area is 168 Å². The molecule has 0 aromatic heterocycles. The molecule has 1 aliphatic rings. The summed E-state index contributed by atoms with van der Waals surface area (Å²) in [6, 6.07) is 17.0. The predicted molar refractivity (Wildman–Crippen MR) is 113 cm³/mol. The van der Waals surface area contributed by atoms with Gasteiger partial charge < -0.3 is 4.74 Å². The number of hydrogen-bond donors (Lipinski definition) is 1. The van der Waals surface area contributed by atoms with Gasteiger partial charge in [-0.15, -0.1) is 0 Å². The lowest BCUT2D eigenvalue weighted by atomic mass is 10.2. The topological polar surface area (TPSA) is 72.5 Å². The molecule has 7 heteroatoms. The van der Waals surface area contributed by atoms with Gasteiger partial charge in [-0.25, -0.2) is 13.1 Å². The van der Waals surface area contributed by atoms with Gasteiger partial charge in [-0.1, -0.05) is 66.3 Å². The fourth-order valence-electron chi connectivity index (χ4n) is 3.81. The second-order valence-electron chi connectivity index (χ2n) is 7.93. The van der Waals surface area contributed by atoms with Crippen LogP contribution in [-0.4, -0.2) is 35.1 Å². The fraction of sp³-hybridized carbons (Fsp3) is 0.381. The zero-order valence-electron chi connectivity index (χ0n) is 16.5. The van der Waals surface area contributed by atoms with E-state index in [1.807, 2.05) is 25.1 Å². The maximum atomic E-state index is 12.5. The standard InChI is InChI=1S/C21H27NO4SSi/c1-16-9-11-17(12-10-16)27(24,25)22-14-13-19-20(15-21(23)26-19)28(2,3)18-7-5-4-6-8-18/h4-12,19-20,22H,13-15H2,1-3H3/t19-,20-/m1/s1. The molecule has 0 saturated carbocycles. The first-order valence-corrected chi connectivity index (χ1v) is 14.1. The molecule has 1 aliphatic heterocycles. The maximum Gasteiger partial charge on any atom is 0.306 e. The molecule has 0 spiro atoms. The van der Waals surface area contributed by atoms with E-state index in [1.54, 1.807) is 24.3 Å². The average molecular weight is 418 g/mol. The first-order chi connectivity index (χ1) is 13.2. The molecule has 1 heterocycles. The van der Waals surface area contributed by atoms with E-state index in [9.17, 15) is 13.2 Å². The first-order valence-electron chi connectivity index (χ1n) is 9.51. The molecule has 1 saturated heterocycles. The Morgan fingerprint density at radius 1 is 1.07 bits per heavy atom. The number of nitrogens with one attached hydrogen (secondary N) is 1. The Morgan fingerprint density at radius 3 is 2.36 bits per heavy atom. The molecule has 3 rings (SSSR count). The van der Waals surface area contributed by atoms with Crippen LogP contribution >= 0.6 is 0 Å². The summed E-state index contributed by atoms with van der Waals surface area (Å²) in [6.45, 7) is 6.65. The number of esters is 1. The minimum atomic E-state index is -3.57. The summed E-state index contributed by atoms with van der Waals surface area (Å²) in [5.74, 6) is -0.187. The van der Waals surface area contributed by atoms with Gasteiger partial charge in [-0.3, -0.25) is 4.79 Å². The van der Waals surface area contributed by atoms with Crippen LogP contribution in [0.1, 0.15) is 18.4 Å². The molecular weight excluding hydrogens is 390 g/mol. The molecule has 1 fully saturated rings. The minimum absolute atomic E-state index is 0.131. The van der Waals surface area contributed by atoms with Gasteiger partial charge in [0.05, 0.1) is 13.0 Å². The molecule has 2 atom stereocenters. The number of carbonyl (C=O) groups is 1. The third-order valence-corrected chi connectivity index (χ3v) is 11.3. The third kappa shape index (κ3) is 4.53. The Morgan fingerprint density at radius 2 is 1.71 bits per heavy atom. The van der Waals surface area contributed by atoms with Gasteiger partial charge in [0.1, 0.15) is 6.10 Å². The lowest BCUT2D eigenvalue weighted by molar-refractivity contribution is -0.141. The minimum Gasteiger partial charge on any atom is -0.462 e. The number of carbonyl (C=O) groups excluding carboxylic acids is 1. The maximum absolute atomic E-state index is 12.5. The van der Waals surface area contributed by atoms with Crippen LogP contribution in [0.15, 0.2) is 59.5 Å². The second-order valence-corrected chi connectivity index (χ2v) is 14.5.